The summed E-state index contributed by atoms with van der Waals surface area (Å²) in [4.78, 5) is 0. The van der Waals surface area contributed by atoms with Gasteiger partial charge in [-0.2, -0.15) is 8.78 Å². The van der Waals surface area contributed by atoms with E-state index in [-0.39, 0.29) is 5.56 Å². The predicted octanol–water partition coefficient (Wildman–Crippen LogP) is 4.63. The van der Waals surface area contributed by atoms with Crippen LogP contribution >= 0.6 is 8.58 Å². The van der Waals surface area contributed by atoms with Gasteiger partial charge in [-0.15, -0.1) is 0 Å². The Labute approximate surface area is 96.9 Å². The number of allylic oxidation sites excluding steroid dienone is 3. The van der Waals surface area contributed by atoms with E-state index in [9.17, 15) is 8.78 Å². The molecule has 0 aliphatic carbocycles. The first-order chi connectivity index (χ1) is 7.51. The van der Waals surface area contributed by atoms with Gasteiger partial charge in [0.05, 0.1) is 0 Å². The summed E-state index contributed by atoms with van der Waals surface area (Å²) in [5, 5.41) is 0. The summed E-state index contributed by atoms with van der Waals surface area (Å²) in [6.07, 6.45) is 3.54. The molecular formula is C13H15F2P. The third-order valence-electron chi connectivity index (χ3n) is 2.38. The summed E-state index contributed by atoms with van der Waals surface area (Å²) in [5.41, 5.74) is -0.652. The molecule has 0 N–H and O–H groups in total. The van der Waals surface area contributed by atoms with Crippen molar-refractivity contribution in [3.05, 3.63) is 54.1 Å². The molecule has 0 spiro atoms. The van der Waals surface area contributed by atoms with Gasteiger partial charge in [0.1, 0.15) is 0 Å². The van der Waals surface area contributed by atoms with Crippen molar-refractivity contribution in [1.82, 2.24) is 0 Å². The molecule has 86 valence electrons. The van der Waals surface area contributed by atoms with Gasteiger partial charge >= 0.3 is 0 Å². The van der Waals surface area contributed by atoms with Crippen LogP contribution in [0.15, 0.2) is 43.0 Å². The van der Waals surface area contributed by atoms with Crippen molar-refractivity contribution in [3.63, 3.8) is 0 Å². The van der Waals surface area contributed by atoms with Gasteiger partial charge in [-0.3, -0.25) is 0 Å². The quantitative estimate of drug-likeness (QED) is 0.531. The molecule has 0 radical (unpaired) electrons. The number of hydrogen-bond acceptors (Lipinski definition) is 0. The van der Waals surface area contributed by atoms with E-state index in [0.717, 1.165) is 11.1 Å². The van der Waals surface area contributed by atoms with Crippen molar-refractivity contribution in [1.29, 1.82) is 0 Å². The lowest BCUT2D eigenvalue weighted by molar-refractivity contribution is 0.101. The highest BCUT2D eigenvalue weighted by Crippen LogP contribution is 2.42. The number of rotatable bonds is 4. The van der Waals surface area contributed by atoms with E-state index in [1.54, 1.807) is 18.2 Å². The van der Waals surface area contributed by atoms with Crippen LogP contribution in [0.4, 0.5) is 8.78 Å². The second-order valence-corrected chi connectivity index (χ2v) is 4.62. The Morgan fingerprint density at radius 2 is 1.88 bits per heavy atom. The lowest BCUT2D eigenvalue weighted by Crippen LogP contribution is -2.04. The lowest BCUT2D eigenvalue weighted by atomic mass is 10.1. The molecule has 0 aromatic heterocycles. The number of alkyl halides is 2. The molecule has 1 atom stereocenters. The van der Waals surface area contributed by atoms with Gasteiger partial charge in [0, 0.05) is 5.56 Å². The average Bonchev–Trinajstić information content (AvgIpc) is 2.29. The number of benzene rings is 1. The summed E-state index contributed by atoms with van der Waals surface area (Å²) in [6.45, 7) is 7.04. The zero-order valence-corrected chi connectivity index (χ0v) is 10.4. The Bertz CT molecular complexity index is 391. The molecule has 0 aliphatic heterocycles. The maximum absolute atomic E-state index is 13.3. The summed E-state index contributed by atoms with van der Waals surface area (Å²) in [6, 6.07) is 6.43. The fourth-order valence-corrected chi connectivity index (χ4v) is 1.82. The van der Waals surface area contributed by atoms with Crippen LogP contribution in [0.25, 0.3) is 5.57 Å². The Balaban J connectivity index is 3.00. The maximum Gasteiger partial charge on any atom is 0.286 e. The van der Waals surface area contributed by atoms with Gasteiger partial charge in [0.2, 0.25) is 0 Å². The van der Waals surface area contributed by atoms with E-state index >= 15 is 0 Å². The molecule has 1 aromatic carbocycles. The highest BCUT2D eigenvalue weighted by molar-refractivity contribution is 7.38. The van der Waals surface area contributed by atoms with Crippen LogP contribution in [-0.2, 0) is 5.66 Å². The van der Waals surface area contributed by atoms with Crippen molar-refractivity contribution in [3.8, 4) is 0 Å². The molecule has 1 aromatic rings. The standard InChI is InChI=1S/C13H15F2P/c1-4-5-10(2)11-6-8-12(9-7-11)13(14,15)16-3/h4-9,16H,1H2,2-3H3/b10-5+. The minimum Gasteiger partial charge on any atom is -0.197 e. The largest absolute Gasteiger partial charge is 0.286 e. The van der Waals surface area contributed by atoms with E-state index in [1.807, 2.05) is 13.0 Å². The molecule has 1 unspecified atom stereocenters. The van der Waals surface area contributed by atoms with Crippen LogP contribution < -0.4 is 0 Å². The first kappa shape index (κ1) is 13.1. The van der Waals surface area contributed by atoms with Crippen LogP contribution in [0.1, 0.15) is 18.1 Å². The molecule has 16 heavy (non-hydrogen) atoms. The van der Waals surface area contributed by atoms with Crippen molar-refractivity contribution in [2.24, 2.45) is 0 Å². The molecular weight excluding hydrogens is 225 g/mol. The molecule has 0 fully saturated rings. The molecule has 3 heteroatoms. The molecule has 0 heterocycles. The fourth-order valence-electron chi connectivity index (χ4n) is 1.36. The second kappa shape index (κ2) is 5.36. The third kappa shape index (κ3) is 2.99. The van der Waals surface area contributed by atoms with Crippen molar-refractivity contribution in [2.45, 2.75) is 12.6 Å². The van der Waals surface area contributed by atoms with Crippen molar-refractivity contribution >= 4 is 14.2 Å². The summed E-state index contributed by atoms with van der Waals surface area (Å²) >= 11 is 0. The average molecular weight is 240 g/mol. The zero-order chi connectivity index (χ0) is 12.2. The van der Waals surface area contributed by atoms with E-state index in [4.69, 9.17) is 0 Å². The topological polar surface area (TPSA) is 0 Å². The second-order valence-electron chi connectivity index (χ2n) is 3.49. The fraction of sp³-hybridized carbons (Fsp3) is 0.231. The van der Waals surface area contributed by atoms with E-state index in [1.165, 1.54) is 18.8 Å². The Morgan fingerprint density at radius 3 is 2.31 bits per heavy atom. The van der Waals surface area contributed by atoms with E-state index in [2.05, 4.69) is 6.58 Å². The monoisotopic (exact) mass is 240 g/mol. The third-order valence-corrected chi connectivity index (χ3v) is 3.30. The molecule has 0 nitrogen and oxygen atoms in total. The van der Waals surface area contributed by atoms with E-state index < -0.39 is 14.2 Å². The SMILES string of the molecule is C=C/C=C(\C)c1ccc(C(F)(F)PC)cc1. The zero-order valence-electron chi connectivity index (χ0n) is 9.43. The minimum absolute atomic E-state index is 0.0866. The molecule has 0 amide bonds. The Kier molecular flexibility index (Phi) is 4.37. The van der Waals surface area contributed by atoms with Gasteiger partial charge in [-0.05, 0) is 33.3 Å². The maximum atomic E-state index is 13.3. The lowest BCUT2D eigenvalue weighted by Gasteiger charge is -2.14. The van der Waals surface area contributed by atoms with Gasteiger partial charge in [-0.25, -0.2) is 0 Å². The Morgan fingerprint density at radius 1 is 1.31 bits per heavy atom. The Hall–Kier alpha value is -1.01. The number of halogens is 2. The molecule has 0 aliphatic rings. The highest BCUT2D eigenvalue weighted by atomic mass is 31.1. The normalized spacial score (nSPS) is 13.4. The smallest absolute Gasteiger partial charge is 0.197 e. The van der Waals surface area contributed by atoms with E-state index in [0.29, 0.717) is 0 Å². The van der Waals surface area contributed by atoms with Gasteiger partial charge in [0.25, 0.3) is 5.66 Å². The minimum atomic E-state index is -2.70. The van der Waals surface area contributed by atoms with Crippen LogP contribution in [0.3, 0.4) is 0 Å². The highest BCUT2D eigenvalue weighted by Gasteiger charge is 2.28. The molecule has 0 bridgehead atoms. The summed E-state index contributed by atoms with van der Waals surface area (Å²) in [7, 11) is -0.411. The first-order valence-electron chi connectivity index (χ1n) is 4.98. The summed E-state index contributed by atoms with van der Waals surface area (Å²) in [5.74, 6) is 0. The van der Waals surface area contributed by atoms with Crippen LogP contribution in [0.2, 0.25) is 0 Å². The van der Waals surface area contributed by atoms with Crippen LogP contribution in [0.5, 0.6) is 0 Å². The summed E-state index contributed by atoms with van der Waals surface area (Å²) < 4.78 is 26.7. The van der Waals surface area contributed by atoms with Gasteiger partial charge in [-0.1, -0.05) is 43.0 Å². The van der Waals surface area contributed by atoms with Crippen molar-refractivity contribution in [2.75, 3.05) is 6.66 Å². The van der Waals surface area contributed by atoms with Crippen LogP contribution in [0, 0.1) is 0 Å². The molecule has 0 saturated heterocycles. The van der Waals surface area contributed by atoms with Gasteiger partial charge < -0.3 is 0 Å². The predicted molar refractivity (Wildman–Crippen MR) is 68.4 cm³/mol. The van der Waals surface area contributed by atoms with Gasteiger partial charge in [0.15, 0.2) is 0 Å². The number of hydrogen-bond donors (Lipinski definition) is 0. The molecule has 0 saturated carbocycles. The molecule has 1 rings (SSSR count). The first-order valence-corrected chi connectivity index (χ1v) is 6.48. The van der Waals surface area contributed by atoms with Crippen LogP contribution in [-0.4, -0.2) is 6.66 Å². The van der Waals surface area contributed by atoms with Crippen molar-refractivity contribution < 1.29 is 8.78 Å².